The van der Waals surface area contributed by atoms with E-state index in [1.54, 1.807) is 11.0 Å². The lowest BCUT2D eigenvalue weighted by molar-refractivity contribution is 0.0693. The van der Waals surface area contributed by atoms with Crippen molar-refractivity contribution in [2.24, 2.45) is 0 Å². The third-order valence-corrected chi connectivity index (χ3v) is 2.39. The summed E-state index contributed by atoms with van der Waals surface area (Å²) < 4.78 is 0. The Morgan fingerprint density at radius 3 is 2.62 bits per heavy atom. The number of nitrogens with zero attached hydrogens (tertiary/aromatic N) is 2. The standard InChI is InChI=1S/C12H12N2O2/c1-14(2)10-7-8-5-3-4-6-9(8)11(13-10)12(15)16/h3-7H,1-2H3,(H,15,16). The molecule has 82 valence electrons. The molecule has 0 bridgehead atoms. The Morgan fingerprint density at radius 1 is 1.31 bits per heavy atom. The Morgan fingerprint density at radius 2 is 2.00 bits per heavy atom. The Kier molecular flexibility index (Phi) is 2.48. The maximum atomic E-state index is 11.1. The number of carbonyl (C=O) groups is 1. The van der Waals surface area contributed by atoms with Crippen molar-refractivity contribution in [2.75, 3.05) is 19.0 Å². The minimum atomic E-state index is -1.00. The number of rotatable bonds is 2. The summed E-state index contributed by atoms with van der Waals surface area (Å²) in [6.45, 7) is 0. The highest BCUT2D eigenvalue weighted by molar-refractivity contribution is 6.02. The quantitative estimate of drug-likeness (QED) is 0.834. The molecule has 0 radical (unpaired) electrons. The van der Waals surface area contributed by atoms with Crippen LogP contribution in [0.15, 0.2) is 30.3 Å². The summed E-state index contributed by atoms with van der Waals surface area (Å²) in [4.78, 5) is 17.0. The Bertz CT molecular complexity index is 550. The molecule has 0 saturated heterocycles. The molecular weight excluding hydrogens is 204 g/mol. The van der Waals surface area contributed by atoms with E-state index in [-0.39, 0.29) is 5.69 Å². The van der Waals surface area contributed by atoms with Gasteiger partial charge in [-0.05, 0) is 11.5 Å². The molecule has 4 heteroatoms. The van der Waals surface area contributed by atoms with Gasteiger partial charge in [-0.2, -0.15) is 0 Å². The normalized spacial score (nSPS) is 10.4. The van der Waals surface area contributed by atoms with Gasteiger partial charge < -0.3 is 10.0 Å². The van der Waals surface area contributed by atoms with Crippen molar-refractivity contribution in [1.82, 2.24) is 4.98 Å². The van der Waals surface area contributed by atoms with Gasteiger partial charge in [0.05, 0.1) is 0 Å². The van der Waals surface area contributed by atoms with Crippen LogP contribution in [-0.2, 0) is 0 Å². The van der Waals surface area contributed by atoms with Crippen molar-refractivity contribution in [3.8, 4) is 0 Å². The fourth-order valence-corrected chi connectivity index (χ4v) is 1.58. The van der Waals surface area contributed by atoms with Gasteiger partial charge in [-0.1, -0.05) is 24.3 Å². The first-order valence-electron chi connectivity index (χ1n) is 4.90. The van der Waals surface area contributed by atoms with E-state index >= 15 is 0 Å². The van der Waals surface area contributed by atoms with Crippen LogP contribution in [0.5, 0.6) is 0 Å². The molecule has 2 rings (SSSR count). The topological polar surface area (TPSA) is 53.4 Å². The molecule has 0 aliphatic carbocycles. The molecule has 4 nitrogen and oxygen atoms in total. The lowest BCUT2D eigenvalue weighted by Gasteiger charge is -2.13. The predicted molar refractivity (Wildman–Crippen MR) is 63.0 cm³/mol. The molecule has 0 unspecified atom stereocenters. The minimum absolute atomic E-state index is 0.0989. The summed E-state index contributed by atoms with van der Waals surface area (Å²) in [6, 6.07) is 9.22. The molecule has 0 aliphatic heterocycles. The molecule has 1 aromatic carbocycles. The Balaban J connectivity index is 2.79. The maximum Gasteiger partial charge on any atom is 0.355 e. The van der Waals surface area contributed by atoms with Crippen LogP contribution in [-0.4, -0.2) is 30.2 Å². The monoisotopic (exact) mass is 216 g/mol. The number of carboxylic acid groups (broad SMARTS) is 1. The van der Waals surface area contributed by atoms with Crippen molar-refractivity contribution >= 4 is 22.6 Å². The third kappa shape index (κ3) is 1.69. The van der Waals surface area contributed by atoms with E-state index in [1.807, 2.05) is 38.4 Å². The molecule has 1 N–H and O–H groups in total. The first kappa shape index (κ1) is 10.4. The van der Waals surface area contributed by atoms with Crippen LogP contribution in [0.3, 0.4) is 0 Å². The predicted octanol–water partition coefficient (Wildman–Crippen LogP) is 2.00. The van der Waals surface area contributed by atoms with Gasteiger partial charge in [0.1, 0.15) is 5.82 Å². The summed E-state index contributed by atoms with van der Waals surface area (Å²) in [5.41, 5.74) is 0.0989. The van der Waals surface area contributed by atoms with E-state index < -0.39 is 5.97 Å². The first-order valence-corrected chi connectivity index (χ1v) is 4.90. The van der Waals surface area contributed by atoms with Gasteiger partial charge in [-0.3, -0.25) is 0 Å². The highest BCUT2D eigenvalue weighted by Crippen LogP contribution is 2.21. The van der Waals surface area contributed by atoms with Crippen LogP contribution in [0.1, 0.15) is 10.5 Å². The second-order valence-electron chi connectivity index (χ2n) is 3.75. The molecular formula is C12H12N2O2. The molecule has 0 saturated carbocycles. The molecule has 0 spiro atoms. The summed E-state index contributed by atoms with van der Waals surface area (Å²) in [5, 5.41) is 10.7. The molecule has 0 amide bonds. The molecule has 1 aromatic heterocycles. The van der Waals surface area contributed by atoms with Crippen molar-refractivity contribution in [2.45, 2.75) is 0 Å². The first-order chi connectivity index (χ1) is 7.59. The second-order valence-corrected chi connectivity index (χ2v) is 3.75. The van der Waals surface area contributed by atoms with E-state index in [9.17, 15) is 4.79 Å². The summed E-state index contributed by atoms with van der Waals surface area (Å²) >= 11 is 0. The van der Waals surface area contributed by atoms with E-state index in [0.717, 1.165) is 5.39 Å². The zero-order valence-electron chi connectivity index (χ0n) is 9.14. The highest BCUT2D eigenvalue weighted by atomic mass is 16.4. The van der Waals surface area contributed by atoms with Gasteiger partial charge in [-0.15, -0.1) is 0 Å². The number of benzene rings is 1. The Labute approximate surface area is 93.1 Å². The number of carboxylic acids is 1. The number of hydrogen-bond acceptors (Lipinski definition) is 3. The van der Waals surface area contributed by atoms with Crippen LogP contribution in [0.4, 0.5) is 5.82 Å². The molecule has 1 heterocycles. The number of aromatic carboxylic acids is 1. The zero-order valence-corrected chi connectivity index (χ0v) is 9.14. The number of fused-ring (bicyclic) bond motifs is 1. The van der Waals surface area contributed by atoms with E-state index in [2.05, 4.69) is 4.98 Å². The van der Waals surface area contributed by atoms with Crippen LogP contribution in [0.2, 0.25) is 0 Å². The molecule has 0 aliphatic rings. The highest BCUT2D eigenvalue weighted by Gasteiger charge is 2.12. The van der Waals surface area contributed by atoms with Crippen molar-refractivity contribution in [1.29, 1.82) is 0 Å². The zero-order chi connectivity index (χ0) is 11.7. The summed E-state index contributed by atoms with van der Waals surface area (Å²) in [7, 11) is 3.67. The number of aromatic nitrogens is 1. The molecule has 2 aromatic rings. The van der Waals surface area contributed by atoms with Crippen molar-refractivity contribution in [3.05, 3.63) is 36.0 Å². The smallest absolute Gasteiger partial charge is 0.355 e. The Hall–Kier alpha value is -2.10. The van der Waals surface area contributed by atoms with Gasteiger partial charge in [-0.25, -0.2) is 9.78 Å². The summed E-state index contributed by atoms with van der Waals surface area (Å²) in [5.74, 6) is -0.351. The largest absolute Gasteiger partial charge is 0.476 e. The molecule has 0 fully saturated rings. The maximum absolute atomic E-state index is 11.1. The lowest BCUT2D eigenvalue weighted by atomic mass is 10.1. The van der Waals surface area contributed by atoms with Crippen LogP contribution < -0.4 is 4.90 Å². The van der Waals surface area contributed by atoms with Gasteiger partial charge in [0.2, 0.25) is 0 Å². The van der Waals surface area contributed by atoms with E-state index in [0.29, 0.717) is 11.2 Å². The average Bonchev–Trinajstić information content (AvgIpc) is 2.27. The average molecular weight is 216 g/mol. The fraction of sp³-hybridized carbons (Fsp3) is 0.167. The second kappa shape index (κ2) is 3.81. The fourth-order valence-electron chi connectivity index (χ4n) is 1.58. The van der Waals surface area contributed by atoms with Crippen LogP contribution in [0, 0.1) is 0 Å². The molecule has 0 atom stereocenters. The lowest BCUT2D eigenvalue weighted by Crippen LogP contribution is -2.13. The van der Waals surface area contributed by atoms with Gasteiger partial charge >= 0.3 is 5.97 Å². The van der Waals surface area contributed by atoms with Gasteiger partial charge in [0.25, 0.3) is 0 Å². The van der Waals surface area contributed by atoms with Gasteiger partial charge in [0, 0.05) is 19.5 Å². The van der Waals surface area contributed by atoms with Crippen LogP contribution >= 0.6 is 0 Å². The molecule has 16 heavy (non-hydrogen) atoms. The number of hydrogen-bond donors (Lipinski definition) is 1. The SMILES string of the molecule is CN(C)c1cc2ccccc2c(C(=O)O)n1. The summed E-state index contributed by atoms with van der Waals surface area (Å²) in [6.07, 6.45) is 0. The van der Waals surface area contributed by atoms with Crippen molar-refractivity contribution in [3.63, 3.8) is 0 Å². The third-order valence-electron chi connectivity index (χ3n) is 2.39. The van der Waals surface area contributed by atoms with E-state index in [1.165, 1.54) is 0 Å². The number of anilines is 1. The van der Waals surface area contributed by atoms with E-state index in [4.69, 9.17) is 5.11 Å². The number of pyridine rings is 1. The van der Waals surface area contributed by atoms with Gasteiger partial charge in [0.15, 0.2) is 5.69 Å². The minimum Gasteiger partial charge on any atom is -0.476 e. The van der Waals surface area contributed by atoms with Crippen LogP contribution in [0.25, 0.3) is 10.8 Å². The van der Waals surface area contributed by atoms with Crippen molar-refractivity contribution < 1.29 is 9.90 Å².